The lowest BCUT2D eigenvalue weighted by Crippen LogP contribution is -2.46. The number of aryl methyl sites for hydroxylation is 1. The molecule has 2 N–H and O–H groups in total. The Hall–Kier alpha value is -3.18. The van der Waals surface area contributed by atoms with Crippen molar-refractivity contribution in [3.05, 3.63) is 80.1 Å². The summed E-state index contributed by atoms with van der Waals surface area (Å²) in [5.41, 5.74) is 4.13. The molecule has 0 unspecified atom stereocenters. The lowest BCUT2D eigenvalue weighted by atomic mass is 10.0. The third-order valence-corrected chi connectivity index (χ3v) is 11.5. The Bertz CT molecular complexity index is 1790. The van der Waals surface area contributed by atoms with Crippen LogP contribution in [0, 0.1) is 13.8 Å². The molecule has 2 aromatic carbocycles. The molecule has 8 nitrogen and oxygen atoms in total. The van der Waals surface area contributed by atoms with Crippen molar-refractivity contribution in [1.82, 2.24) is 14.8 Å². The van der Waals surface area contributed by atoms with E-state index in [4.69, 9.17) is 23.2 Å². The van der Waals surface area contributed by atoms with Crippen LogP contribution in [0.3, 0.4) is 0 Å². The molecule has 3 aliphatic heterocycles. The molecule has 2 amide bonds. The summed E-state index contributed by atoms with van der Waals surface area (Å²) in [5, 5.41) is 3.33. The van der Waals surface area contributed by atoms with Gasteiger partial charge in [-0.15, -0.1) is 0 Å². The van der Waals surface area contributed by atoms with Gasteiger partial charge < -0.3 is 20.1 Å². The summed E-state index contributed by atoms with van der Waals surface area (Å²) in [6.07, 6.45) is 3.83. The van der Waals surface area contributed by atoms with Crippen molar-refractivity contribution in [3.8, 4) is 0 Å². The lowest BCUT2D eigenvalue weighted by Gasteiger charge is -2.34. The van der Waals surface area contributed by atoms with Gasteiger partial charge >= 0.3 is 0 Å². The number of fused-ring (bicyclic) bond motifs is 1. The van der Waals surface area contributed by atoms with E-state index < -0.39 is 21.8 Å². The second kappa shape index (κ2) is 12.5. The minimum atomic E-state index is -3.86. The zero-order chi connectivity index (χ0) is 32.0. The average Bonchev–Trinajstić information content (AvgIpc) is 3.67. The summed E-state index contributed by atoms with van der Waals surface area (Å²) < 4.78 is 40.5. The highest BCUT2D eigenvalue weighted by molar-refractivity contribution is 7.90. The quantitative estimate of drug-likeness (QED) is 0.281. The maximum absolute atomic E-state index is 13.9. The van der Waals surface area contributed by atoms with E-state index in [1.165, 1.54) is 12.1 Å². The fourth-order valence-electron chi connectivity index (χ4n) is 6.65. The summed E-state index contributed by atoms with van der Waals surface area (Å²) in [6, 6.07) is 9.40. The van der Waals surface area contributed by atoms with Crippen LogP contribution < -0.4 is 5.32 Å². The number of amides is 2. The van der Waals surface area contributed by atoms with E-state index in [0.29, 0.717) is 71.8 Å². The van der Waals surface area contributed by atoms with Crippen molar-refractivity contribution in [1.29, 1.82) is 0 Å². The van der Waals surface area contributed by atoms with Crippen LogP contribution in [-0.2, 0) is 20.4 Å². The van der Waals surface area contributed by atoms with Gasteiger partial charge in [-0.1, -0.05) is 29.3 Å². The molecular formula is C33H35Cl2FN4O4S. The van der Waals surface area contributed by atoms with Crippen LogP contribution in [-0.4, -0.2) is 73.4 Å². The summed E-state index contributed by atoms with van der Waals surface area (Å²) in [7, 11) is -3.86. The number of hydrogen-bond acceptors (Lipinski definition) is 5. The molecule has 0 bridgehead atoms. The molecule has 4 heterocycles. The third-order valence-electron chi connectivity index (χ3n) is 9.13. The molecule has 1 atom stereocenters. The Kier molecular flexibility index (Phi) is 8.86. The van der Waals surface area contributed by atoms with E-state index >= 15 is 0 Å². The molecule has 45 heavy (non-hydrogen) atoms. The van der Waals surface area contributed by atoms with Crippen molar-refractivity contribution in [2.45, 2.75) is 62.4 Å². The standard InChI is InChI=1S/C33H35Cl2FN4O4S/c1-19-30(37-20(2)31(19)33(42)40-12-4-5-22(40)17-39-13-10-21(36)11-14-39)16-25-24-15-23(8-9-29(24)38-32(25)41)45(43,44)18-26-27(34)6-3-7-28(26)35/h3,6-9,15-16,21-22,37H,4-5,10-14,17-18H2,1-2H3,(H,38,41)/b25-16-/t22-/m1/s1. The van der Waals surface area contributed by atoms with E-state index in [-0.39, 0.29) is 38.4 Å². The number of sulfone groups is 1. The van der Waals surface area contributed by atoms with Crippen molar-refractivity contribution in [2.24, 2.45) is 0 Å². The molecule has 12 heteroatoms. The Morgan fingerprint density at radius 2 is 1.78 bits per heavy atom. The number of anilines is 1. The molecule has 3 aliphatic rings. The number of rotatable bonds is 7. The van der Waals surface area contributed by atoms with Gasteiger partial charge in [0.25, 0.3) is 11.8 Å². The average molecular weight is 674 g/mol. The first kappa shape index (κ1) is 31.8. The maximum atomic E-state index is 13.9. The number of halogens is 3. The lowest BCUT2D eigenvalue weighted by molar-refractivity contribution is -0.110. The third kappa shape index (κ3) is 6.30. The van der Waals surface area contributed by atoms with Gasteiger partial charge in [-0.05, 0) is 81.5 Å². The topological polar surface area (TPSA) is 103 Å². The fourth-order valence-corrected chi connectivity index (χ4v) is 8.77. The molecule has 0 saturated carbocycles. The number of piperidine rings is 1. The van der Waals surface area contributed by atoms with Gasteiger partial charge in [-0.3, -0.25) is 9.59 Å². The minimum absolute atomic E-state index is 0.0331. The highest BCUT2D eigenvalue weighted by Gasteiger charge is 2.34. The molecule has 1 aromatic heterocycles. The molecule has 2 saturated heterocycles. The number of likely N-dealkylation sites (tertiary alicyclic amines) is 2. The first-order chi connectivity index (χ1) is 21.4. The first-order valence-electron chi connectivity index (χ1n) is 15.1. The number of nitrogens with zero attached hydrogens (tertiary/aromatic N) is 2. The van der Waals surface area contributed by atoms with Gasteiger partial charge in [-0.2, -0.15) is 0 Å². The number of benzene rings is 2. The van der Waals surface area contributed by atoms with Gasteiger partial charge in [0.1, 0.15) is 6.17 Å². The van der Waals surface area contributed by atoms with Crippen molar-refractivity contribution in [2.75, 3.05) is 31.5 Å². The number of carbonyl (C=O) groups is 2. The number of H-pyrrole nitrogens is 1. The highest BCUT2D eigenvalue weighted by atomic mass is 35.5. The predicted molar refractivity (Wildman–Crippen MR) is 175 cm³/mol. The number of aromatic amines is 1. The number of aromatic nitrogens is 1. The second-order valence-corrected chi connectivity index (χ2v) is 14.9. The summed E-state index contributed by atoms with van der Waals surface area (Å²) in [4.78, 5) is 34.5. The summed E-state index contributed by atoms with van der Waals surface area (Å²) >= 11 is 12.5. The molecule has 0 aliphatic carbocycles. The van der Waals surface area contributed by atoms with Gasteiger partial charge in [0.05, 0.1) is 21.8 Å². The number of carbonyl (C=O) groups excluding carboxylic acids is 2. The molecule has 0 radical (unpaired) electrons. The highest BCUT2D eigenvalue weighted by Crippen LogP contribution is 2.37. The predicted octanol–water partition coefficient (Wildman–Crippen LogP) is 6.44. The minimum Gasteiger partial charge on any atom is -0.358 e. The van der Waals surface area contributed by atoms with Gasteiger partial charge in [0.2, 0.25) is 0 Å². The van der Waals surface area contributed by atoms with Crippen LogP contribution in [0.4, 0.5) is 10.1 Å². The summed E-state index contributed by atoms with van der Waals surface area (Å²) in [6.45, 7) is 6.51. The van der Waals surface area contributed by atoms with Crippen molar-refractivity contribution >= 4 is 62.2 Å². The Morgan fingerprint density at radius 1 is 1.07 bits per heavy atom. The van der Waals surface area contributed by atoms with E-state index in [2.05, 4.69) is 15.2 Å². The largest absolute Gasteiger partial charge is 0.358 e. The van der Waals surface area contributed by atoms with E-state index in [9.17, 15) is 22.4 Å². The molecular weight excluding hydrogens is 638 g/mol. The summed E-state index contributed by atoms with van der Waals surface area (Å²) in [5.74, 6) is -0.821. The van der Waals surface area contributed by atoms with Crippen LogP contribution in [0.2, 0.25) is 10.0 Å². The van der Waals surface area contributed by atoms with Crippen LogP contribution in [0.15, 0.2) is 41.3 Å². The molecule has 2 fully saturated rings. The number of hydrogen-bond donors (Lipinski definition) is 2. The van der Waals surface area contributed by atoms with Crippen molar-refractivity contribution in [3.63, 3.8) is 0 Å². The van der Waals surface area contributed by atoms with E-state index in [1.54, 1.807) is 30.3 Å². The molecule has 238 valence electrons. The SMILES string of the molecule is Cc1[nH]c(/C=C2\C(=O)Nc3ccc(S(=O)(=O)Cc4c(Cl)cccc4Cl)cc32)c(C)c1C(=O)N1CCC[C@@H]1CN1CCC(F)CC1. The number of nitrogens with one attached hydrogen (secondary N) is 2. The normalized spacial score (nSPS) is 20.2. The monoisotopic (exact) mass is 672 g/mol. The van der Waals surface area contributed by atoms with Gasteiger partial charge in [0.15, 0.2) is 9.84 Å². The molecule has 3 aromatic rings. The zero-order valence-electron chi connectivity index (χ0n) is 25.1. The fraction of sp³-hybridized carbons (Fsp3) is 0.394. The smallest absolute Gasteiger partial charge is 0.256 e. The zero-order valence-corrected chi connectivity index (χ0v) is 27.5. The van der Waals surface area contributed by atoms with Crippen LogP contribution in [0.5, 0.6) is 0 Å². The Morgan fingerprint density at radius 3 is 2.49 bits per heavy atom. The van der Waals surface area contributed by atoms with E-state index in [0.717, 1.165) is 19.4 Å². The van der Waals surface area contributed by atoms with Crippen LogP contribution >= 0.6 is 23.2 Å². The second-order valence-electron chi connectivity index (χ2n) is 12.1. The maximum Gasteiger partial charge on any atom is 0.256 e. The Balaban J connectivity index is 1.27. The molecule has 6 rings (SSSR count). The van der Waals surface area contributed by atoms with E-state index in [1.807, 2.05) is 18.7 Å². The first-order valence-corrected chi connectivity index (χ1v) is 17.5. The number of alkyl halides is 1. The van der Waals surface area contributed by atoms with Gasteiger partial charge in [-0.25, -0.2) is 12.8 Å². The van der Waals surface area contributed by atoms with Crippen LogP contribution in [0.25, 0.3) is 11.6 Å². The van der Waals surface area contributed by atoms with Crippen LogP contribution in [0.1, 0.15) is 64.1 Å². The van der Waals surface area contributed by atoms with Crippen molar-refractivity contribution < 1.29 is 22.4 Å². The molecule has 0 spiro atoms. The Labute approximate surface area is 272 Å². The van der Waals surface area contributed by atoms with Gasteiger partial charge in [0, 0.05) is 70.5 Å².